The van der Waals surface area contributed by atoms with Crippen molar-refractivity contribution in [2.75, 3.05) is 27.3 Å². The second-order valence-corrected chi connectivity index (χ2v) is 8.91. The van der Waals surface area contributed by atoms with Crippen molar-refractivity contribution in [1.29, 1.82) is 0 Å². The first-order chi connectivity index (χ1) is 14.1. The van der Waals surface area contributed by atoms with Gasteiger partial charge in [0, 0.05) is 48.8 Å². The molecule has 8 heteroatoms. The zero-order chi connectivity index (χ0) is 20.7. The number of halogens is 1. The molecule has 168 valence electrons. The Morgan fingerprint density at radius 2 is 2.03 bits per heavy atom. The molecule has 0 amide bonds. The van der Waals surface area contributed by atoms with Crippen LogP contribution in [-0.4, -0.2) is 43.0 Å². The van der Waals surface area contributed by atoms with Crippen LogP contribution in [0.25, 0.3) is 0 Å². The first kappa shape index (κ1) is 25.1. The van der Waals surface area contributed by atoms with E-state index in [1.54, 1.807) is 7.11 Å². The Bertz CT molecular complexity index is 797. The number of nitrogens with one attached hydrogen (secondary N) is 2. The highest BCUT2D eigenvalue weighted by Crippen LogP contribution is 2.41. The topological polar surface area (TPSA) is 63.5 Å². The third-order valence-electron chi connectivity index (χ3n) is 6.14. The van der Waals surface area contributed by atoms with Crippen molar-refractivity contribution in [3.8, 4) is 0 Å². The molecule has 1 aliphatic carbocycles. The van der Waals surface area contributed by atoms with Crippen molar-refractivity contribution in [2.45, 2.75) is 64.5 Å². The quantitative estimate of drug-likeness (QED) is 0.294. The molecule has 0 aromatic carbocycles. The van der Waals surface area contributed by atoms with E-state index < -0.39 is 0 Å². The van der Waals surface area contributed by atoms with Crippen LogP contribution in [-0.2, 0) is 23.2 Å². The summed E-state index contributed by atoms with van der Waals surface area (Å²) >= 11 is 1.89. The molecule has 1 fully saturated rings. The largest absolute Gasteiger partial charge is 0.383 e. The fourth-order valence-corrected chi connectivity index (χ4v) is 5.34. The van der Waals surface area contributed by atoms with Gasteiger partial charge < -0.3 is 15.4 Å². The van der Waals surface area contributed by atoms with E-state index in [4.69, 9.17) is 4.74 Å². The molecule has 0 radical (unpaired) electrons. The maximum atomic E-state index is 5.19. The van der Waals surface area contributed by atoms with Crippen LogP contribution in [0, 0.1) is 13.8 Å². The first-order valence-corrected chi connectivity index (χ1v) is 11.5. The highest BCUT2D eigenvalue weighted by Gasteiger charge is 2.34. The molecule has 0 atom stereocenters. The predicted octanol–water partition coefficient (Wildman–Crippen LogP) is 4.39. The van der Waals surface area contributed by atoms with Gasteiger partial charge >= 0.3 is 0 Å². The molecule has 2 aromatic heterocycles. The summed E-state index contributed by atoms with van der Waals surface area (Å²) < 4.78 is 7.22. The minimum absolute atomic E-state index is 0. The van der Waals surface area contributed by atoms with Gasteiger partial charge in [0.05, 0.1) is 18.8 Å². The zero-order valence-corrected chi connectivity index (χ0v) is 21.8. The Morgan fingerprint density at radius 3 is 2.67 bits per heavy atom. The zero-order valence-electron chi connectivity index (χ0n) is 18.7. The predicted molar refractivity (Wildman–Crippen MR) is 136 cm³/mol. The van der Waals surface area contributed by atoms with Crippen LogP contribution >= 0.6 is 35.3 Å². The summed E-state index contributed by atoms with van der Waals surface area (Å²) in [5.74, 6) is 0.856. The number of aliphatic imine (C=N–C) groups is 1. The highest BCUT2D eigenvalue weighted by atomic mass is 127. The van der Waals surface area contributed by atoms with Crippen LogP contribution < -0.4 is 10.6 Å². The summed E-state index contributed by atoms with van der Waals surface area (Å²) in [6, 6.07) is 4.48. The molecule has 0 unspecified atom stereocenters. The molecule has 0 spiro atoms. The van der Waals surface area contributed by atoms with Gasteiger partial charge in [0.25, 0.3) is 0 Å². The smallest absolute Gasteiger partial charge is 0.191 e. The Hall–Kier alpha value is -1.13. The summed E-state index contributed by atoms with van der Waals surface area (Å²) in [7, 11) is 3.56. The monoisotopic (exact) mass is 545 g/mol. The lowest BCUT2D eigenvalue weighted by Gasteiger charge is -2.37. The Balaban J connectivity index is 0.00000320. The molecular weight excluding hydrogens is 509 g/mol. The van der Waals surface area contributed by atoms with Crippen LogP contribution in [0.2, 0.25) is 0 Å². The second-order valence-electron chi connectivity index (χ2n) is 7.96. The van der Waals surface area contributed by atoms with E-state index >= 15 is 0 Å². The number of nitrogens with zero attached hydrogens (tertiary/aromatic N) is 3. The second kappa shape index (κ2) is 12.0. The normalized spacial score (nSPS) is 16.2. The van der Waals surface area contributed by atoms with Gasteiger partial charge in [-0.25, -0.2) is 0 Å². The maximum Gasteiger partial charge on any atom is 0.191 e. The van der Waals surface area contributed by atoms with Gasteiger partial charge in [-0.3, -0.25) is 9.67 Å². The fraction of sp³-hybridized carbons (Fsp3) is 0.636. The standard InChI is InChI=1S/C22H35N5OS.HI/c1-17-19(18(2)27(26-17)12-13-28-4)15-24-21(23-3)25-16-22(10-6-5-7-11-22)20-9-8-14-29-20;/h8-9,14H,5-7,10-13,15-16H2,1-4H3,(H2,23,24,25);1H. The van der Waals surface area contributed by atoms with Crippen molar-refractivity contribution in [2.24, 2.45) is 4.99 Å². The Morgan fingerprint density at radius 1 is 1.27 bits per heavy atom. The lowest BCUT2D eigenvalue weighted by atomic mass is 9.73. The van der Waals surface area contributed by atoms with E-state index in [0.29, 0.717) is 6.61 Å². The molecule has 2 heterocycles. The van der Waals surface area contributed by atoms with E-state index in [1.165, 1.54) is 48.2 Å². The van der Waals surface area contributed by atoms with Crippen molar-refractivity contribution >= 4 is 41.3 Å². The van der Waals surface area contributed by atoms with Gasteiger partial charge in [-0.15, -0.1) is 35.3 Å². The summed E-state index contributed by atoms with van der Waals surface area (Å²) in [4.78, 5) is 5.97. The van der Waals surface area contributed by atoms with Crippen LogP contribution in [0.1, 0.15) is 53.9 Å². The van der Waals surface area contributed by atoms with E-state index in [-0.39, 0.29) is 29.4 Å². The first-order valence-electron chi connectivity index (χ1n) is 10.6. The van der Waals surface area contributed by atoms with Crippen molar-refractivity contribution in [3.63, 3.8) is 0 Å². The van der Waals surface area contributed by atoms with Gasteiger partial charge in [0.15, 0.2) is 5.96 Å². The van der Waals surface area contributed by atoms with Crippen LogP contribution in [0.4, 0.5) is 0 Å². The van der Waals surface area contributed by atoms with Gasteiger partial charge in [0.2, 0.25) is 0 Å². The van der Waals surface area contributed by atoms with Crippen LogP contribution in [0.5, 0.6) is 0 Å². The number of hydrogen-bond acceptors (Lipinski definition) is 4. The van der Waals surface area contributed by atoms with Gasteiger partial charge in [0.1, 0.15) is 0 Å². The molecule has 2 aromatic rings. The average molecular weight is 546 g/mol. The minimum Gasteiger partial charge on any atom is -0.383 e. The Kier molecular flexibility index (Phi) is 10.1. The molecule has 0 bridgehead atoms. The maximum absolute atomic E-state index is 5.19. The Labute approximate surface area is 201 Å². The lowest BCUT2D eigenvalue weighted by Crippen LogP contribution is -2.46. The lowest BCUT2D eigenvalue weighted by molar-refractivity contribution is 0.182. The summed E-state index contributed by atoms with van der Waals surface area (Å²) in [6.07, 6.45) is 6.48. The van der Waals surface area contributed by atoms with E-state index in [0.717, 1.165) is 31.3 Å². The minimum atomic E-state index is 0. The van der Waals surface area contributed by atoms with Crippen LogP contribution in [0.15, 0.2) is 22.5 Å². The third kappa shape index (κ3) is 5.97. The SMILES string of the molecule is CN=C(NCc1c(C)nn(CCOC)c1C)NCC1(c2cccs2)CCCCC1.I. The number of aromatic nitrogens is 2. The summed E-state index contributed by atoms with van der Waals surface area (Å²) in [5.41, 5.74) is 3.71. The van der Waals surface area contributed by atoms with Crippen LogP contribution in [0.3, 0.4) is 0 Å². The number of guanidine groups is 1. The molecule has 0 saturated heterocycles. The van der Waals surface area contributed by atoms with Gasteiger partial charge in [-0.2, -0.15) is 5.10 Å². The number of ether oxygens (including phenoxy) is 1. The van der Waals surface area contributed by atoms with Crippen molar-refractivity contribution < 1.29 is 4.74 Å². The summed E-state index contributed by atoms with van der Waals surface area (Å²) in [5, 5.41) is 14.0. The third-order valence-corrected chi connectivity index (χ3v) is 7.26. The van der Waals surface area contributed by atoms with Crippen molar-refractivity contribution in [1.82, 2.24) is 20.4 Å². The number of thiophene rings is 1. The van der Waals surface area contributed by atoms with Crippen molar-refractivity contribution in [3.05, 3.63) is 39.3 Å². The molecule has 30 heavy (non-hydrogen) atoms. The van der Waals surface area contributed by atoms with Gasteiger partial charge in [-0.05, 0) is 38.1 Å². The number of rotatable bonds is 8. The number of hydrogen-bond donors (Lipinski definition) is 2. The summed E-state index contributed by atoms with van der Waals surface area (Å²) in [6.45, 7) is 7.28. The van der Waals surface area contributed by atoms with E-state index in [2.05, 4.69) is 52.1 Å². The van der Waals surface area contributed by atoms with Gasteiger partial charge in [-0.1, -0.05) is 25.3 Å². The molecule has 2 N–H and O–H groups in total. The van der Waals surface area contributed by atoms with E-state index in [9.17, 15) is 0 Å². The molecule has 6 nitrogen and oxygen atoms in total. The number of aryl methyl sites for hydroxylation is 1. The molecule has 3 rings (SSSR count). The molecule has 0 aliphatic heterocycles. The van der Waals surface area contributed by atoms with E-state index in [1.807, 2.05) is 23.1 Å². The number of methoxy groups -OCH3 is 1. The highest BCUT2D eigenvalue weighted by molar-refractivity contribution is 14.0. The molecule has 1 aliphatic rings. The fourth-order valence-electron chi connectivity index (χ4n) is 4.35. The molecule has 1 saturated carbocycles. The average Bonchev–Trinajstić information content (AvgIpc) is 3.37. The molecular formula is C22H36IN5OS.